The Balaban J connectivity index is 2.79. The molecule has 0 aliphatic carbocycles. The molecule has 0 saturated carbocycles. The van der Waals surface area contributed by atoms with E-state index in [1.165, 1.54) is 0 Å². The molecule has 0 fully saturated rings. The van der Waals surface area contributed by atoms with E-state index in [0.717, 1.165) is 0 Å². The molecular formula is C11H17NO2. The molecule has 1 N–H and O–H groups in total. The van der Waals surface area contributed by atoms with E-state index in [2.05, 4.69) is 4.98 Å². The van der Waals surface area contributed by atoms with E-state index < -0.39 is 11.2 Å². The topological polar surface area (TPSA) is 42.4 Å². The van der Waals surface area contributed by atoms with Crippen molar-refractivity contribution >= 4 is 0 Å². The fourth-order valence-corrected chi connectivity index (χ4v) is 0.794. The fourth-order valence-electron chi connectivity index (χ4n) is 0.794. The molecule has 0 aromatic carbocycles. The number of hydrogen-bond donors (Lipinski definition) is 1. The van der Waals surface area contributed by atoms with Crippen LogP contribution in [0.3, 0.4) is 0 Å². The van der Waals surface area contributed by atoms with Crippen molar-refractivity contribution < 1.29 is 9.84 Å². The Labute approximate surface area is 84.7 Å². The first-order valence-corrected chi connectivity index (χ1v) is 4.65. The molecule has 0 aliphatic rings. The Morgan fingerprint density at radius 3 is 2.29 bits per heavy atom. The number of rotatable bonds is 3. The van der Waals surface area contributed by atoms with Gasteiger partial charge < -0.3 is 9.84 Å². The summed E-state index contributed by atoms with van der Waals surface area (Å²) in [5, 5.41) is 9.85. The van der Waals surface area contributed by atoms with Crippen molar-refractivity contribution in [2.75, 3.05) is 0 Å². The Hall–Kier alpha value is -1.09. The van der Waals surface area contributed by atoms with Gasteiger partial charge in [-0.3, -0.25) is 0 Å². The molecule has 3 heteroatoms. The summed E-state index contributed by atoms with van der Waals surface area (Å²) in [6.45, 7) is 7.11. The summed E-state index contributed by atoms with van der Waals surface area (Å²) < 4.78 is 5.61. The lowest BCUT2D eigenvalue weighted by Crippen LogP contribution is -2.49. The summed E-state index contributed by atoms with van der Waals surface area (Å²) in [5.74, 6) is 0.527. The summed E-state index contributed by atoms with van der Waals surface area (Å²) in [7, 11) is 0. The lowest BCUT2D eigenvalue weighted by Gasteiger charge is -2.36. The second kappa shape index (κ2) is 3.58. The van der Waals surface area contributed by atoms with Crippen LogP contribution in [-0.4, -0.2) is 21.3 Å². The SMILES string of the molecule is CC(C)(O)C(C)(C)Oc1ccccn1. The van der Waals surface area contributed by atoms with Crippen LogP contribution in [0.5, 0.6) is 5.88 Å². The van der Waals surface area contributed by atoms with Crippen molar-refractivity contribution in [3.05, 3.63) is 24.4 Å². The highest BCUT2D eigenvalue weighted by molar-refractivity contribution is 5.11. The van der Waals surface area contributed by atoms with Crippen molar-refractivity contribution in [1.29, 1.82) is 0 Å². The summed E-state index contributed by atoms with van der Waals surface area (Å²) in [6.07, 6.45) is 1.66. The first-order valence-electron chi connectivity index (χ1n) is 4.65. The zero-order valence-electron chi connectivity index (χ0n) is 9.11. The standard InChI is InChI=1S/C11H17NO2/c1-10(2,13)11(3,4)14-9-7-5-6-8-12-9/h5-8,13H,1-4H3. The quantitative estimate of drug-likeness (QED) is 0.802. The summed E-state index contributed by atoms with van der Waals surface area (Å²) in [5.41, 5.74) is -1.58. The highest BCUT2D eigenvalue weighted by Crippen LogP contribution is 2.26. The number of aliphatic hydroxyl groups is 1. The predicted octanol–water partition coefficient (Wildman–Crippen LogP) is 2.01. The lowest BCUT2D eigenvalue weighted by molar-refractivity contribution is -0.0925. The van der Waals surface area contributed by atoms with Gasteiger partial charge in [-0.2, -0.15) is 0 Å². The van der Waals surface area contributed by atoms with Gasteiger partial charge in [0.25, 0.3) is 0 Å². The van der Waals surface area contributed by atoms with Crippen molar-refractivity contribution in [1.82, 2.24) is 4.98 Å². The zero-order chi connectivity index (χ0) is 10.8. The van der Waals surface area contributed by atoms with E-state index in [4.69, 9.17) is 4.74 Å². The molecular weight excluding hydrogens is 178 g/mol. The van der Waals surface area contributed by atoms with Gasteiger partial charge in [-0.25, -0.2) is 4.98 Å². The van der Waals surface area contributed by atoms with Crippen molar-refractivity contribution in [2.24, 2.45) is 0 Å². The Morgan fingerprint density at radius 1 is 1.21 bits per heavy atom. The number of pyridine rings is 1. The second-order valence-electron chi connectivity index (χ2n) is 4.34. The Bertz CT molecular complexity index is 288. The molecule has 0 radical (unpaired) electrons. The van der Waals surface area contributed by atoms with E-state index >= 15 is 0 Å². The summed E-state index contributed by atoms with van der Waals surface area (Å²) >= 11 is 0. The van der Waals surface area contributed by atoms with Gasteiger partial charge in [0, 0.05) is 12.3 Å². The molecule has 0 aliphatic heterocycles. The Morgan fingerprint density at radius 2 is 1.86 bits per heavy atom. The maximum Gasteiger partial charge on any atom is 0.213 e. The van der Waals surface area contributed by atoms with Gasteiger partial charge in [0.2, 0.25) is 5.88 Å². The average molecular weight is 195 g/mol. The molecule has 1 aromatic rings. The fraction of sp³-hybridized carbons (Fsp3) is 0.545. The molecule has 0 atom stereocenters. The van der Waals surface area contributed by atoms with Gasteiger partial charge in [-0.15, -0.1) is 0 Å². The van der Waals surface area contributed by atoms with Crippen LogP contribution in [-0.2, 0) is 0 Å². The van der Waals surface area contributed by atoms with E-state index in [9.17, 15) is 5.11 Å². The van der Waals surface area contributed by atoms with Crippen LogP contribution >= 0.6 is 0 Å². The molecule has 1 aromatic heterocycles. The minimum absolute atomic E-state index is 0.527. The molecule has 78 valence electrons. The summed E-state index contributed by atoms with van der Waals surface area (Å²) in [4.78, 5) is 4.04. The monoisotopic (exact) mass is 195 g/mol. The third kappa shape index (κ3) is 2.45. The van der Waals surface area contributed by atoms with Gasteiger partial charge in [0.15, 0.2) is 0 Å². The molecule has 0 bridgehead atoms. The van der Waals surface area contributed by atoms with Crippen LogP contribution in [0.25, 0.3) is 0 Å². The van der Waals surface area contributed by atoms with Gasteiger partial charge in [-0.05, 0) is 33.8 Å². The predicted molar refractivity (Wildman–Crippen MR) is 55.2 cm³/mol. The minimum Gasteiger partial charge on any atom is -0.469 e. The first kappa shape index (κ1) is 11.0. The second-order valence-corrected chi connectivity index (χ2v) is 4.34. The highest BCUT2D eigenvalue weighted by atomic mass is 16.5. The van der Waals surface area contributed by atoms with E-state index in [-0.39, 0.29) is 0 Å². The third-order valence-electron chi connectivity index (χ3n) is 2.47. The van der Waals surface area contributed by atoms with Crippen LogP contribution in [0.4, 0.5) is 0 Å². The van der Waals surface area contributed by atoms with Crippen LogP contribution in [0.1, 0.15) is 27.7 Å². The smallest absolute Gasteiger partial charge is 0.213 e. The molecule has 0 spiro atoms. The van der Waals surface area contributed by atoms with Crippen LogP contribution in [0.15, 0.2) is 24.4 Å². The molecule has 3 nitrogen and oxygen atoms in total. The minimum atomic E-state index is -0.912. The van der Waals surface area contributed by atoms with Crippen LogP contribution in [0, 0.1) is 0 Å². The molecule has 14 heavy (non-hydrogen) atoms. The van der Waals surface area contributed by atoms with Gasteiger partial charge in [-0.1, -0.05) is 6.07 Å². The van der Waals surface area contributed by atoms with Crippen molar-refractivity contribution in [3.63, 3.8) is 0 Å². The number of ether oxygens (including phenoxy) is 1. The zero-order valence-corrected chi connectivity index (χ0v) is 9.11. The molecule has 1 rings (SSSR count). The van der Waals surface area contributed by atoms with Crippen molar-refractivity contribution in [2.45, 2.75) is 38.9 Å². The van der Waals surface area contributed by atoms with Gasteiger partial charge in [0.1, 0.15) is 5.60 Å². The van der Waals surface area contributed by atoms with E-state index in [1.807, 2.05) is 26.0 Å². The third-order valence-corrected chi connectivity index (χ3v) is 2.47. The molecule has 1 heterocycles. The number of nitrogens with zero attached hydrogens (tertiary/aromatic N) is 1. The van der Waals surface area contributed by atoms with Gasteiger partial charge in [0.05, 0.1) is 5.60 Å². The molecule has 0 saturated heterocycles. The molecule has 0 unspecified atom stereocenters. The summed E-state index contributed by atoms with van der Waals surface area (Å²) in [6, 6.07) is 5.44. The normalized spacial score (nSPS) is 12.6. The number of hydrogen-bond acceptors (Lipinski definition) is 3. The lowest BCUT2D eigenvalue weighted by atomic mass is 9.89. The van der Waals surface area contributed by atoms with Gasteiger partial charge >= 0.3 is 0 Å². The number of aromatic nitrogens is 1. The maximum atomic E-state index is 9.85. The largest absolute Gasteiger partial charge is 0.469 e. The van der Waals surface area contributed by atoms with Crippen LogP contribution < -0.4 is 4.74 Å². The van der Waals surface area contributed by atoms with E-state index in [0.29, 0.717) is 5.88 Å². The molecule has 0 amide bonds. The van der Waals surface area contributed by atoms with E-state index in [1.54, 1.807) is 26.1 Å². The Kier molecular flexibility index (Phi) is 2.81. The van der Waals surface area contributed by atoms with Crippen LogP contribution in [0.2, 0.25) is 0 Å². The van der Waals surface area contributed by atoms with Crippen molar-refractivity contribution in [3.8, 4) is 5.88 Å². The average Bonchev–Trinajstić information content (AvgIpc) is 2.03. The highest BCUT2D eigenvalue weighted by Gasteiger charge is 2.37. The first-order chi connectivity index (χ1) is 6.33. The maximum absolute atomic E-state index is 9.85.